The average molecular weight is 517 g/mol. The van der Waals surface area contributed by atoms with Crippen molar-refractivity contribution < 1.29 is 27.6 Å². The number of primary amides is 1. The molecule has 37 heavy (non-hydrogen) atoms. The third kappa shape index (κ3) is 6.49. The minimum absolute atomic E-state index is 0.0146. The molecule has 2 fully saturated rings. The summed E-state index contributed by atoms with van der Waals surface area (Å²) in [5, 5.41) is 5.25. The number of amides is 3. The Balaban J connectivity index is 1.17. The lowest BCUT2D eigenvalue weighted by Gasteiger charge is -2.47. The molecule has 0 bridgehead atoms. The first-order chi connectivity index (χ1) is 17.5. The summed E-state index contributed by atoms with van der Waals surface area (Å²) in [7, 11) is 0. The van der Waals surface area contributed by atoms with Crippen LogP contribution in [0.25, 0.3) is 0 Å². The lowest BCUT2D eigenvalue weighted by atomic mass is 9.79. The molecule has 1 saturated heterocycles. The van der Waals surface area contributed by atoms with Crippen molar-refractivity contribution in [2.24, 2.45) is 5.73 Å². The number of aryl methyl sites for hydroxylation is 1. The number of halogens is 3. The maximum absolute atomic E-state index is 12.8. The summed E-state index contributed by atoms with van der Waals surface area (Å²) in [5.74, 6) is -1.07. The Hall–Kier alpha value is -3.40. The van der Waals surface area contributed by atoms with Gasteiger partial charge in [0.1, 0.15) is 0 Å². The van der Waals surface area contributed by atoms with Crippen LogP contribution in [0.4, 0.5) is 13.2 Å². The number of alkyl halides is 3. The third-order valence-electron chi connectivity index (χ3n) is 7.34. The quantitative estimate of drug-likeness (QED) is 0.525. The normalized spacial score (nSPS) is 20.6. The molecule has 198 valence electrons. The number of carbonyl (C=O) groups is 3. The fourth-order valence-corrected chi connectivity index (χ4v) is 5.32. The zero-order valence-corrected chi connectivity index (χ0v) is 20.6. The lowest BCUT2D eigenvalue weighted by Crippen LogP contribution is -2.63. The molecule has 3 amide bonds. The molecule has 4 N–H and O–H groups in total. The molecule has 10 heteroatoms. The van der Waals surface area contributed by atoms with E-state index in [0.29, 0.717) is 17.5 Å². The van der Waals surface area contributed by atoms with Gasteiger partial charge in [0.05, 0.1) is 18.2 Å². The largest absolute Gasteiger partial charge is 0.416 e. The van der Waals surface area contributed by atoms with Gasteiger partial charge in [-0.05, 0) is 80.0 Å². The fourth-order valence-electron chi connectivity index (χ4n) is 5.32. The molecule has 0 unspecified atom stereocenters. The highest BCUT2D eigenvalue weighted by Gasteiger charge is 2.36. The SMILES string of the molecule is Cc1cc(C(N)=O)ccc1C1CCC(N2CC(NC(=O)CNC(=O)c3cccc(C(F)(F)F)c3)C2)CC1. The standard InChI is InChI=1S/C27H31F3N4O3/c1-16-11-18(25(31)36)7-10-23(16)17-5-8-22(9-6-17)34-14-21(15-34)33-24(35)13-32-26(37)19-3-2-4-20(12-19)27(28,29)30/h2-4,7,10-12,17,21-22H,5-6,8-9,13-15H2,1H3,(H2,31,36)(H,32,37)(H,33,35). The number of nitrogens with two attached hydrogens (primary N) is 1. The van der Waals surface area contributed by atoms with Crippen molar-refractivity contribution in [3.05, 3.63) is 70.3 Å². The van der Waals surface area contributed by atoms with Gasteiger partial charge >= 0.3 is 6.18 Å². The molecule has 0 aromatic heterocycles. The Kier molecular flexibility index (Phi) is 7.87. The first kappa shape index (κ1) is 26.7. The van der Waals surface area contributed by atoms with Gasteiger partial charge in [-0.25, -0.2) is 0 Å². The van der Waals surface area contributed by atoms with Gasteiger partial charge in [0.2, 0.25) is 11.8 Å². The van der Waals surface area contributed by atoms with Gasteiger partial charge in [0, 0.05) is 30.3 Å². The molecule has 2 aromatic rings. The molecular weight excluding hydrogens is 485 g/mol. The molecule has 7 nitrogen and oxygen atoms in total. The number of likely N-dealkylation sites (tertiary alicyclic amines) is 1. The van der Waals surface area contributed by atoms with Crippen molar-refractivity contribution in [2.75, 3.05) is 19.6 Å². The zero-order valence-electron chi connectivity index (χ0n) is 20.6. The highest BCUT2D eigenvalue weighted by atomic mass is 19.4. The third-order valence-corrected chi connectivity index (χ3v) is 7.34. The molecule has 1 aliphatic carbocycles. The monoisotopic (exact) mass is 516 g/mol. The minimum Gasteiger partial charge on any atom is -0.366 e. The van der Waals surface area contributed by atoms with Crippen LogP contribution >= 0.6 is 0 Å². The zero-order chi connectivity index (χ0) is 26.7. The number of benzene rings is 2. The summed E-state index contributed by atoms with van der Waals surface area (Å²) in [6.45, 7) is 3.17. The van der Waals surface area contributed by atoms with Crippen molar-refractivity contribution in [1.82, 2.24) is 15.5 Å². The van der Waals surface area contributed by atoms with Crippen molar-refractivity contribution >= 4 is 17.7 Å². The molecule has 2 aliphatic rings. The van der Waals surface area contributed by atoms with E-state index in [1.165, 1.54) is 11.6 Å². The van der Waals surface area contributed by atoms with Crippen molar-refractivity contribution in [2.45, 2.75) is 56.8 Å². The Bertz CT molecular complexity index is 1170. The summed E-state index contributed by atoms with van der Waals surface area (Å²) in [6.07, 6.45) is -0.336. The van der Waals surface area contributed by atoms with E-state index in [-0.39, 0.29) is 24.1 Å². The second-order valence-corrected chi connectivity index (χ2v) is 9.92. The Morgan fingerprint density at radius 2 is 1.70 bits per heavy atom. The van der Waals surface area contributed by atoms with Crippen LogP contribution in [0.15, 0.2) is 42.5 Å². The van der Waals surface area contributed by atoms with E-state index in [4.69, 9.17) is 5.73 Å². The van der Waals surface area contributed by atoms with Gasteiger partial charge in [-0.2, -0.15) is 13.2 Å². The predicted molar refractivity (Wildman–Crippen MR) is 132 cm³/mol. The lowest BCUT2D eigenvalue weighted by molar-refractivity contribution is -0.137. The van der Waals surface area contributed by atoms with E-state index < -0.39 is 23.6 Å². The van der Waals surface area contributed by atoms with E-state index in [0.717, 1.165) is 62.5 Å². The van der Waals surface area contributed by atoms with E-state index in [1.54, 1.807) is 6.07 Å². The number of nitrogens with zero attached hydrogens (tertiary/aromatic N) is 1. The van der Waals surface area contributed by atoms with Gasteiger partial charge in [0.15, 0.2) is 0 Å². The summed E-state index contributed by atoms with van der Waals surface area (Å²) < 4.78 is 38.5. The number of hydrogen-bond donors (Lipinski definition) is 3. The molecular formula is C27H31F3N4O3. The highest BCUT2D eigenvalue weighted by molar-refractivity contribution is 5.96. The molecule has 1 heterocycles. The van der Waals surface area contributed by atoms with Crippen LogP contribution in [0.1, 0.15) is 69.0 Å². The molecule has 1 aliphatic heterocycles. The van der Waals surface area contributed by atoms with E-state index in [9.17, 15) is 27.6 Å². The number of carbonyl (C=O) groups excluding carboxylic acids is 3. The van der Waals surface area contributed by atoms with Crippen LogP contribution in [-0.2, 0) is 11.0 Å². The second kappa shape index (κ2) is 10.9. The van der Waals surface area contributed by atoms with Crippen molar-refractivity contribution in [3.63, 3.8) is 0 Å². The molecule has 0 radical (unpaired) electrons. The van der Waals surface area contributed by atoms with Gasteiger partial charge in [-0.1, -0.05) is 12.1 Å². The Morgan fingerprint density at radius 3 is 2.32 bits per heavy atom. The van der Waals surface area contributed by atoms with Crippen LogP contribution in [0.2, 0.25) is 0 Å². The highest BCUT2D eigenvalue weighted by Crippen LogP contribution is 2.37. The summed E-state index contributed by atoms with van der Waals surface area (Å²) in [4.78, 5) is 38.1. The van der Waals surface area contributed by atoms with Gasteiger partial charge in [-0.3, -0.25) is 19.3 Å². The maximum atomic E-state index is 12.8. The van der Waals surface area contributed by atoms with E-state index in [2.05, 4.69) is 15.5 Å². The van der Waals surface area contributed by atoms with Crippen LogP contribution in [-0.4, -0.2) is 54.3 Å². The first-order valence-electron chi connectivity index (χ1n) is 12.4. The molecule has 2 aromatic carbocycles. The smallest absolute Gasteiger partial charge is 0.366 e. The minimum atomic E-state index is -4.54. The van der Waals surface area contributed by atoms with Crippen molar-refractivity contribution in [3.8, 4) is 0 Å². The summed E-state index contributed by atoms with van der Waals surface area (Å²) in [6, 6.07) is 10.2. The number of rotatable bonds is 7. The molecule has 1 saturated carbocycles. The van der Waals surface area contributed by atoms with E-state index in [1.807, 2.05) is 19.1 Å². The topological polar surface area (TPSA) is 105 Å². The summed E-state index contributed by atoms with van der Waals surface area (Å²) in [5.41, 5.74) is 7.20. The first-order valence-corrected chi connectivity index (χ1v) is 12.4. The van der Waals surface area contributed by atoms with Crippen LogP contribution in [0.3, 0.4) is 0 Å². The van der Waals surface area contributed by atoms with E-state index >= 15 is 0 Å². The predicted octanol–water partition coefficient (Wildman–Crippen LogP) is 3.37. The Morgan fingerprint density at radius 1 is 1.00 bits per heavy atom. The van der Waals surface area contributed by atoms with Gasteiger partial charge in [-0.15, -0.1) is 0 Å². The van der Waals surface area contributed by atoms with Gasteiger partial charge in [0.25, 0.3) is 5.91 Å². The number of hydrogen-bond acceptors (Lipinski definition) is 4. The van der Waals surface area contributed by atoms with Crippen molar-refractivity contribution in [1.29, 1.82) is 0 Å². The second-order valence-electron chi connectivity index (χ2n) is 9.92. The molecule has 0 spiro atoms. The van der Waals surface area contributed by atoms with Gasteiger partial charge < -0.3 is 16.4 Å². The Labute approximate surface area is 213 Å². The fraction of sp³-hybridized carbons (Fsp3) is 0.444. The molecule has 4 rings (SSSR count). The average Bonchev–Trinajstić information content (AvgIpc) is 2.84. The number of nitrogens with one attached hydrogen (secondary N) is 2. The van der Waals surface area contributed by atoms with Crippen LogP contribution in [0.5, 0.6) is 0 Å². The van der Waals surface area contributed by atoms with Crippen LogP contribution < -0.4 is 16.4 Å². The summed E-state index contributed by atoms with van der Waals surface area (Å²) >= 11 is 0. The maximum Gasteiger partial charge on any atom is 0.416 e. The van der Waals surface area contributed by atoms with Crippen LogP contribution in [0, 0.1) is 6.92 Å². The molecule has 0 atom stereocenters.